The lowest BCUT2D eigenvalue weighted by Crippen LogP contribution is -2.45. The van der Waals surface area contributed by atoms with Crippen molar-refractivity contribution in [1.29, 1.82) is 10.5 Å². The lowest BCUT2D eigenvalue weighted by Gasteiger charge is -2.43. The molecule has 3 aliphatic carbocycles. The van der Waals surface area contributed by atoms with Crippen LogP contribution in [0.4, 0.5) is 0 Å². The molecule has 0 heterocycles. The van der Waals surface area contributed by atoms with Gasteiger partial charge >= 0.3 is 0 Å². The van der Waals surface area contributed by atoms with Crippen molar-refractivity contribution in [2.24, 2.45) is 11.8 Å². The first-order valence-corrected chi connectivity index (χ1v) is 14.3. The molecule has 0 bridgehead atoms. The van der Waals surface area contributed by atoms with Crippen molar-refractivity contribution in [3.8, 4) is 12.1 Å². The molecule has 0 aliphatic heterocycles. The van der Waals surface area contributed by atoms with Gasteiger partial charge in [-0.05, 0) is 84.8 Å². The van der Waals surface area contributed by atoms with Crippen LogP contribution in [0.3, 0.4) is 0 Å². The number of nitriles is 2. The summed E-state index contributed by atoms with van der Waals surface area (Å²) in [6.45, 7) is 17.0. The van der Waals surface area contributed by atoms with Crippen molar-refractivity contribution in [1.82, 2.24) is 0 Å². The predicted octanol–water partition coefficient (Wildman–Crippen LogP) is 8.64. The molecule has 1 aromatic rings. The van der Waals surface area contributed by atoms with Gasteiger partial charge in [0.25, 0.3) is 0 Å². The number of hydrogen-bond donors (Lipinski definition) is 0. The highest BCUT2D eigenvalue weighted by Gasteiger charge is 2.43. The Hall–Kier alpha value is -3.76. The number of allylic oxidation sites excluding steroid dienone is 8. The molecular formula is C36H42N2O2. The van der Waals surface area contributed by atoms with Crippen LogP contribution < -0.4 is 0 Å². The van der Waals surface area contributed by atoms with Crippen molar-refractivity contribution in [3.63, 3.8) is 0 Å². The summed E-state index contributed by atoms with van der Waals surface area (Å²) in [4.78, 5) is 0. The molecule has 3 aliphatic rings. The van der Waals surface area contributed by atoms with Crippen molar-refractivity contribution < 1.29 is 9.47 Å². The Morgan fingerprint density at radius 2 is 1.68 bits per heavy atom. The Kier molecular flexibility index (Phi) is 8.05. The molecule has 3 unspecified atom stereocenters. The van der Waals surface area contributed by atoms with E-state index in [1.165, 1.54) is 0 Å². The summed E-state index contributed by atoms with van der Waals surface area (Å²) in [6.07, 6.45) is 17.9. The van der Waals surface area contributed by atoms with Crippen molar-refractivity contribution in [3.05, 3.63) is 106 Å². The molecule has 0 fully saturated rings. The Balaban J connectivity index is 1.57. The van der Waals surface area contributed by atoms with Crippen LogP contribution >= 0.6 is 0 Å². The zero-order valence-electron chi connectivity index (χ0n) is 25.2. The van der Waals surface area contributed by atoms with Gasteiger partial charge in [-0.25, -0.2) is 0 Å². The fourth-order valence-electron chi connectivity index (χ4n) is 5.65. The van der Waals surface area contributed by atoms with Gasteiger partial charge < -0.3 is 9.47 Å². The fourth-order valence-corrected chi connectivity index (χ4v) is 5.65. The van der Waals surface area contributed by atoms with Crippen LogP contribution in [0.5, 0.6) is 0 Å². The van der Waals surface area contributed by atoms with Gasteiger partial charge in [0, 0.05) is 11.3 Å². The maximum Gasteiger partial charge on any atom is 0.137 e. The van der Waals surface area contributed by atoms with Gasteiger partial charge in [-0.3, -0.25) is 0 Å². The van der Waals surface area contributed by atoms with E-state index in [1.807, 2.05) is 18.2 Å². The highest BCUT2D eigenvalue weighted by atomic mass is 16.5. The molecule has 208 valence electrons. The molecule has 4 heteroatoms. The highest BCUT2D eigenvalue weighted by Crippen LogP contribution is 2.43. The first kappa shape index (κ1) is 29.2. The third-order valence-electron chi connectivity index (χ3n) is 8.81. The molecule has 0 saturated heterocycles. The summed E-state index contributed by atoms with van der Waals surface area (Å²) in [7, 11) is 0. The van der Waals surface area contributed by atoms with Gasteiger partial charge in [-0.2, -0.15) is 10.5 Å². The van der Waals surface area contributed by atoms with Crippen molar-refractivity contribution in [2.75, 3.05) is 0 Å². The van der Waals surface area contributed by atoms with Gasteiger partial charge in [-0.1, -0.05) is 78.0 Å². The number of rotatable bonds is 7. The average Bonchev–Trinajstić information content (AvgIpc) is 2.91. The molecule has 0 radical (unpaired) electrons. The fraction of sp³-hybridized carbons (Fsp3) is 0.444. The summed E-state index contributed by atoms with van der Waals surface area (Å²) in [5, 5.41) is 19.9. The lowest BCUT2D eigenvalue weighted by molar-refractivity contribution is -0.0188. The molecule has 0 spiro atoms. The Morgan fingerprint density at radius 1 is 0.950 bits per heavy atom. The zero-order valence-corrected chi connectivity index (χ0v) is 25.2. The monoisotopic (exact) mass is 534 g/mol. The van der Waals surface area contributed by atoms with E-state index in [1.54, 1.807) is 0 Å². The van der Waals surface area contributed by atoms with Gasteiger partial charge in [0.1, 0.15) is 29.1 Å². The number of fused-ring (bicyclic) bond motifs is 1. The van der Waals surface area contributed by atoms with E-state index in [9.17, 15) is 10.5 Å². The molecule has 4 rings (SSSR count). The van der Waals surface area contributed by atoms with Crippen LogP contribution in [-0.4, -0.2) is 11.7 Å². The van der Waals surface area contributed by atoms with Crippen LogP contribution in [0.2, 0.25) is 0 Å². The van der Waals surface area contributed by atoms with E-state index in [4.69, 9.17) is 9.47 Å². The van der Waals surface area contributed by atoms with E-state index in [0.29, 0.717) is 0 Å². The Bertz CT molecular complexity index is 1420. The Labute approximate surface area is 240 Å². The molecule has 1 aromatic carbocycles. The van der Waals surface area contributed by atoms with Crippen LogP contribution in [-0.2, 0) is 20.3 Å². The van der Waals surface area contributed by atoms with Crippen molar-refractivity contribution in [2.45, 2.75) is 90.8 Å². The molecular weight excluding hydrogens is 492 g/mol. The molecule has 40 heavy (non-hydrogen) atoms. The maximum absolute atomic E-state index is 10.2. The third-order valence-corrected chi connectivity index (χ3v) is 8.81. The number of hydrogen-bond acceptors (Lipinski definition) is 4. The van der Waals surface area contributed by atoms with E-state index < -0.39 is 11.0 Å². The second kappa shape index (κ2) is 11.0. The van der Waals surface area contributed by atoms with Gasteiger partial charge in [-0.15, -0.1) is 0 Å². The summed E-state index contributed by atoms with van der Waals surface area (Å²) in [6, 6.07) is 11.1. The van der Waals surface area contributed by atoms with Crippen LogP contribution in [0, 0.1) is 34.5 Å². The third kappa shape index (κ3) is 5.59. The molecule has 0 saturated carbocycles. The largest absolute Gasteiger partial charge is 0.487 e. The minimum atomic E-state index is -0.613. The summed E-state index contributed by atoms with van der Waals surface area (Å²) in [5.41, 5.74) is 3.82. The Morgan fingerprint density at radius 3 is 2.33 bits per heavy atom. The molecule has 0 N–H and O–H groups in total. The topological polar surface area (TPSA) is 66.0 Å². The first-order chi connectivity index (χ1) is 18.8. The minimum Gasteiger partial charge on any atom is -0.487 e. The molecule has 4 nitrogen and oxygen atoms in total. The average molecular weight is 535 g/mol. The molecule has 3 atom stereocenters. The van der Waals surface area contributed by atoms with Crippen LogP contribution in [0.25, 0.3) is 0 Å². The smallest absolute Gasteiger partial charge is 0.137 e. The minimum absolute atomic E-state index is 0.137. The van der Waals surface area contributed by atoms with Gasteiger partial charge in [0.15, 0.2) is 0 Å². The van der Waals surface area contributed by atoms with E-state index >= 15 is 0 Å². The summed E-state index contributed by atoms with van der Waals surface area (Å²) >= 11 is 0. The standard InChI is InChI=1S/C36H42N2O2/c1-9-24-12-10-15-33(29(24)22-37)39-27-18-16-25-17-19-28(21-26(25)20-27)40-36(7,8)35(5,6)32-14-11-13-31(30(32)23-38)34(2,3)4/h10-15,17-21,25,29,33H,9,16H2,1-8H3. The highest BCUT2D eigenvalue weighted by molar-refractivity contribution is 5.51. The summed E-state index contributed by atoms with van der Waals surface area (Å²) < 4.78 is 13.1. The number of nitrogens with zero attached hydrogens (tertiary/aromatic N) is 2. The van der Waals surface area contributed by atoms with E-state index in [2.05, 4.69) is 116 Å². The van der Waals surface area contributed by atoms with E-state index in [-0.39, 0.29) is 23.4 Å². The normalized spacial score (nSPS) is 22.6. The lowest BCUT2D eigenvalue weighted by atomic mass is 9.68. The SMILES string of the molecule is CCC1=CC=CC(OC2=CCC3C=CC(OC(C)(C)C(C)(C)c4cccc(C(C)(C)C)c4C#N)=CC3=C2)C1C#N. The quantitative estimate of drug-likeness (QED) is 0.351. The molecule has 0 amide bonds. The van der Waals surface area contributed by atoms with Gasteiger partial charge in [0.2, 0.25) is 0 Å². The second-order valence-electron chi connectivity index (χ2n) is 13.0. The second-order valence-corrected chi connectivity index (χ2v) is 13.0. The number of benzene rings is 1. The van der Waals surface area contributed by atoms with Crippen LogP contribution in [0.15, 0.2) is 89.5 Å². The van der Waals surface area contributed by atoms with Crippen LogP contribution in [0.1, 0.15) is 84.9 Å². The summed E-state index contributed by atoms with van der Waals surface area (Å²) in [5.74, 6) is 1.58. The predicted molar refractivity (Wildman–Crippen MR) is 161 cm³/mol. The van der Waals surface area contributed by atoms with E-state index in [0.717, 1.165) is 52.2 Å². The number of ether oxygens (including phenoxy) is 2. The van der Waals surface area contributed by atoms with Gasteiger partial charge in [0.05, 0.1) is 17.7 Å². The zero-order chi connectivity index (χ0) is 29.3. The van der Waals surface area contributed by atoms with Crippen molar-refractivity contribution >= 4 is 0 Å². The first-order valence-electron chi connectivity index (χ1n) is 14.3. The maximum atomic E-state index is 10.2. The molecule has 0 aromatic heterocycles.